The van der Waals surface area contributed by atoms with Gasteiger partial charge in [0.2, 0.25) is 0 Å². The maximum atomic E-state index is 12.7. The zero-order valence-corrected chi connectivity index (χ0v) is 14.3. The SMILES string of the molecule is COc1cc([C@H](CCC(F)(F)F)N2CCNCC2)ccc1C.Cl. The molecule has 0 unspecified atom stereocenters. The molecule has 1 N–H and O–H groups in total. The number of ether oxygens (including phenoxy) is 1. The van der Waals surface area contributed by atoms with Gasteiger partial charge < -0.3 is 10.1 Å². The maximum absolute atomic E-state index is 12.7. The summed E-state index contributed by atoms with van der Waals surface area (Å²) in [5, 5.41) is 3.24. The van der Waals surface area contributed by atoms with Crippen LogP contribution in [0.2, 0.25) is 0 Å². The van der Waals surface area contributed by atoms with Crippen LogP contribution in [0.3, 0.4) is 0 Å². The number of methoxy groups -OCH3 is 1. The lowest BCUT2D eigenvalue weighted by atomic mass is 9.97. The van der Waals surface area contributed by atoms with Gasteiger partial charge in [-0.1, -0.05) is 12.1 Å². The minimum atomic E-state index is -4.12. The summed E-state index contributed by atoms with van der Waals surface area (Å²) in [6, 6.07) is 5.48. The molecule has 0 aromatic heterocycles. The molecular weight excluding hydrogens is 329 g/mol. The van der Waals surface area contributed by atoms with Crippen molar-refractivity contribution in [2.75, 3.05) is 33.3 Å². The molecule has 0 radical (unpaired) electrons. The first-order valence-corrected chi connectivity index (χ1v) is 7.57. The van der Waals surface area contributed by atoms with Crippen LogP contribution in [0, 0.1) is 6.92 Å². The van der Waals surface area contributed by atoms with Crippen LogP contribution >= 0.6 is 12.4 Å². The third-order valence-electron chi connectivity index (χ3n) is 4.11. The van der Waals surface area contributed by atoms with Crippen LogP contribution < -0.4 is 10.1 Å². The van der Waals surface area contributed by atoms with Gasteiger partial charge in [-0.05, 0) is 30.5 Å². The van der Waals surface area contributed by atoms with Crippen molar-refractivity contribution in [2.24, 2.45) is 0 Å². The van der Waals surface area contributed by atoms with E-state index in [-0.39, 0.29) is 24.9 Å². The lowest BCUT2D eigenvalue weighted by molar-refractivity contribution is -0.138. The van der Waals surface area contributed by atoms with E-state index in [1.54, 1.807) is 7.11 Å². The second-order valence-electron chi connectivity index (χ2n) is 5.68. The Hall–Kier alpha value is -0.980. The monoisotopic (exact) mass is 352 g/mol. The van der Waals surface area contributed by atoms with Crippen LogP contribution in [-0.4, -0.2) is 44.4 Å². The molecule has 132 valence electrons. The summed E-state index contributed by atoms with van der Waals surface area (Å²) in [4.78, 5) is 2.13. The molecule has 3 nitrogen and oxygen atoms in total. The minimum absolute atomic E-state index is 0. The summed E-state index contributed by atoms with van der Waals surface area (Å²) in [5.41, 5.74) is 1.88. The van der Waals surface area contributed by atoms with Gasteiger partial charge in [-0.25, -0.2) is 0 Å². The summed E-state index contributed by atoms with van der Waals surface area (Å²) in [6.07, 6.45) is -4.81. The Labute approximate surface area is 141 Å². The largest absolute Gasteiger partial charge is 0.496 e. The van der Waals surface area contributed by atoms with E-state index in [4.69, 9.17) is 4.74 Å². The van der Waals surface area contributed by atoms with Gasteiger partial charge in [0.05, 0.1) is 7.11 Å². The molecule has 7 heteroatoms. The number of alkyl halides is 3. The van der Waals surface area contributed by atoms with E-state index < -0.39 is 12.6 Å². The first-order valence-electron chi connectivity index (χ1n) is 7.57. The van der Waals surface area contributed by atoms with Crippen molar-refractivity contribution in [3.63, 3.8) is 0 Å². The van der Waals surface area contributed by atoms with Gasteiger partial charge in [0.25, 0.3) is 0 Å². The van der Waals surface area contributed by atoms with Gasteiger partial charge in [-0.3, -0.25) is 4.90 Å². The Bertz CT molecular complexity index is 491. The Morgan fingerprint density at radius 2 is 1.91 bits per heavy atom. The zero-order chi connectivity index (χ0) is 16.2. The van der Waals surface area contributed by atoms with Crippen molar-refractivity contribution in [2.45, 2.75) is 32.0 Å². The van der Waals surface area contributed by atoms with Crippen LogP contribution in [0.1, 0.15) is 30.0 Å². The molecule has 0 amide bonds. The Morgan fingerprint density at radius 1 is 1.26 bits per heavy atom. The number of benzene rings is 1. The Balaban J connectivity index is 0.00000264. The molecule has 1 aromatic carbocycles. The molecule has 1 saturated heterocycles. The molecule has 1 atom stereocenters. The summed E-state index contributed by atoms with van der Waals surface area (Å²) < 4.78 is 43.3. The average Bonchev–Trinajstić information content (AvgIpc) is 2.49. The lowest BCUT2D eigenvalue weighted by Gasteiger charge is -2.35. The van der Waals surface area contributed by atoms with Gasteiger partial charge in [0, 0.05) is 38.6 Å². The molecule has 0 aliphatic carbocycles. The van der Waals surface area contributed by atoms with Crippen molar-refractivity contribution in [1.29, 1.82) is 0 Å². The highest BCUT2D eigenvalue weighted by Crippen LogP contribution is 2.33. The minimum Gasteiger partial charge on any atom is -0.496 e. The van der Waals surface area contributed by atoms with Crippen LogP contribution in [0.25, 0.3) is 0 Å². The first kappa shape index (κ1) is 20.1. The maximum Gasteiger partial charge on any atom is 0.389 e. The number of nitrogens with one attached hydrogen (secondary N) is 1. The summed E-state index contributed by atoms with van der Waals surface area (Å²) in [5.74, 6) is 0.727. The third-order valence-corrected chi connectivity index (χ3v) is 4.11. The highest BCUT2D eigenvalue weighted by atomic mass is 35.5. The number of halogens is 4. The Morgan fingerprint density at radius 3 is 2.48 bits per heavy atom. The topological polar surface area (TPSA) is 24.5 Å². The van der Waals surface area contributed by atoms with Crippen molar-refractivity contribution < 1.29 is 17.9 Å². The Kier molecular flexibility index (Phi) is 7.64. The van der Waals surface area contributed by atoms with Gasteiger partial charge in [-0.15, -0.1) is 12.4 Å². The van der Waals surface area contributed by atoms with E-state index >= 15 is 0 Å². The predicted octanol–water partition coefficient (Wildman–Crippen LogP) is 3.71. The van der Waals surface area contributed by atoms with Gasteiger partial charge in [0.1, 0.15) is 5.75 Å². The molecule has 1 aliphatic rings. The number of rotatable bonds is 5. The number of hydrogen-bond donors (Lipinski definition) is 1. The molecule has 1 fully saturated rings. The normalized spacial score (nSPS) is 17.4. The van der Waals surface area contributed by atoms with Crippen molar-refractivity contribution in [1.82, 2.24) is 10.2 Å². The van der Waals surface area contributed by atoms with Crippen LogP contribution in [0.15, 0.2) is 18.2 Å². The van der Waals surface area contributed by atoms with E-state index in [0.717, 1.165) is 43.1 Å². The molecule has 1 heterocycles. The molecule has 1 aliphatic heterocycles. The zero-order valence-electron chi connectivity index (χ0n) is 13.4. The van der Waals surface area contributed by atoms with Crippen molar-refractivity contribution >= 4 is 12.4 Å². The van der Waals surface area contributed by atoms with Gasteiger partial charge >= 0.3 is 6.18 Å². The quantitative estimate of drug-likeness (QED) is 0.874. The second kappa shape index (κ2) is 8.76. The highest BCUT2D eigenvalue weighted by molar-refractivity contribution is 5.85. The third kappa shape index (κ3) is 5.86. The molecule has 0 saturated carbocycles. The smallest absolute Gasteiger partial charge is 0.389 e. The molecule has 1 aromatic rings. The molecule has 23 heavy (non-hydrogen) atoms. The van der Waals surface area contributed by atoms with E-state index in [0.29, 0.717) is 0 Å². The van der Waals surface area contributed by atoms with E-state index in [1.165, 1.54) is 0 Å². The fourth-order valence-corrected chi connectivity index (χ4v) is 2.90. The molecule has 0 bridgehead atoms. The molecule has 0 spiro atoms. The van der Waals surface area contributed by atoms with Crippen LogP contribution in [0.4, 0.5) is 13.2 Å². The van der Waals surface area contributed by atoms with E-state index in [1.807, 2.05) is 25.1 Å². The second-order valence-corrected chi connectivity index (χ2v) is 5.68. The van der Waals surface area contributed by atoms with Gasteiger partial charge in [0.15, 0.2) is 0 Å². The van der Waals surface area contributed by atoms with Gasteiger partial charge in [-0.2, -0.15) is 13.2 Å². The lowest BCUT2D eigenvalue weighted by Crippen LogP contribution is -2.45. The average molecular weight is 353 g/mol. The predicted molar refractivity (Wildman–Crippen MR) is 87.5 cm³/mol. The van der Waals surface area contributed by atoms with E-state index in [2.05, 4.69) is 10.2 Å². The number of aryl methyl sites for hydroxylation is 1. The number of nitrogens with zero attached hydrogens (tertiary/aromatic N) is 1. The first-order chi connectivity index (χ1) is 10.4. The standard InChI is InChI=1S/C16H23F3N2O.ClH/c1-12-3-4-13(11-15(12)22-2)14(5-6-16(17,18)19)21-9-7-20-8-10-21;/h3-4,11,14,20H,5-10H2,1-2H3;1H/t14-;/m0./s1. The summed E-state index contributed by atoms with van der Waals surface area (Å²) in [7, 11) is 1.58. The summed E-state index contributed by atoms with van der Waals surface area (Å²) >= 11 is 0. The van der Waals surface area contributed by atoms with Crippen LogP contribution in [-0.2, 0) is 0 Å². The highest BCUT2D eigenvalue weighted by Gasteiger charge is 2.31. The van der Waals surface area contributed by atoms with Crippen LogP contribution in [0.5, 0.6) is 5.75 Å². The molecular formula is C16H24ClF3N2O. The fourth-order valence-electron chi connectivity index (χ4n) is 2.90. The number of hydrogen-bond acceptors (Lipinski definition) is 3. The summed E-state index contributed by atoms with van der Waals surface area (Å²) in [6.45, 7) is 5.08. The van der Waals surface area contributed by atoms with Crippen molar-refractivity contribution in [3.8, 4) is 5.75 Å². The molecule has 2 rings (SSSR count). The van der Waals surface area contributed by atoms with Crippen molar-refractivity contribution in [3.05, 3.63) is 29.3 Å². The number of piperazine rings is 1. The van der Waals surface area contributed by atoms with E-state index in [9.17, 15) is 13.2 Å². The fraction of sp³-hybridized carbons (Fsp3) is 0.625.